The van der Waals surface area contributed by atoms with E-state index in [1.54, 1.807) is 5.70 Å². The highest BCUT2D eigenvalue weighted by Crippen LogP contribution is 2.59. The molecule has 1 aromatic rings. The topological polar surface area (TPSA) is 15.3 Å². The van der Waals surface area contributed by atoms with E-state index in [0.717, 1.165) is 12.5 Å². The third kappa shape index (κ3) is 4.17. The highest BCUT2D eigenvalue weighted by atomic mass is 15.1. The molecule has 3 aliphatic rings. The molecule has 2 aliphatic carbocycles. The van der Waals surface area contributed by atoms with Crippen molar-refractivity contribution < 1.29 is 0 Å². The van der Waals surface area contributed by atoms with E-state index in [0.29, 0.717) is 5.41 Å². The maximum absolute atomic E-state index is 3.73. The maximum atomic E-state index is 3.73. The number of allylic oxidation sites excluding steroid dienone is 4. The summed E-state index contributed by atoms with van der Waals surface area (Å²) in [5, 5.41) is 3.73. The summed E-state index contributed by atoms with van der Waals surface area (Å²) in [4.78, 5) is 2.65. The van der Waals surface area contributed by atoms with Crippen LogP contribution in [0.2, 0.25) is 0 Å². The van der Waals surface area contributed by atoms with Crippen molar-refractivity contribution >= 4 is 0 Å². The van der Waals surface area contributed by atoms with Gasteiger partial charge in [0.2, 0.25) is 0 Å². The molecule has 134 valence electrons. The van der Waals surface area contributed by atoms with E-state index in [4.69, 9.17) is 0 Å². The molecule has 1 atom stereocenters. The highest BCUT2D eigenvalue weighted by molar-refractivity contribution is 5.18. The van der Waals surface area contributed by atoms with Gasteiger partial charge >= 0.3 is 0 Å². The van der Waals surface area contributed by atoms with Crippen LogP contribution < -0.4 is 5.32 Å². The van der Waals surface area contributed by atoms with Gasteiger partial charge in [-0.3, -0.25) is 0 Å². The van der Waals surface area contributed by atoms with E-state index in [2.05, 4.69) is 58.8 Å². The Bertz CT molecular complexity index is 608. The largest absolute Gasteiger partial charge is 0.375 e. The minimum absolute atomic E-state index is 0.688. The molecular weight excluding hydrogens is 304 g/mol. The van der Waals surface area contributed by atoms with Crippen molar-refractivity contribution in [1.29, 1.82) is 0 Å². The first-order valence-electron chi connectivity index (χ1n) is 10.2. The number of benzene rings is 1. The molecule has 1 aliphatic heterocycles. The fourth-order valence-corrected chi connectivity index (χ4v) is 4.76. The zero-order valence-corrected chi connectivity index (χ0v) is 15.4. The van der Waals surface area contributed by atoms with Crippen molar-refractivity contribution in [2.45, 2.75) is 44.9 Å². The summed E-state index contributed by atoms with van der Waals surface area (Å²) >= 11 is 0. The number of likely N-dealkylation sites (tertiary alicyclic amines) is 1. The van der Waals surface area contributed by atoms with Crippen LogP contribution in [0.1, 0.15) is 44.1 Å². The van der Waals surface area contributed by atoms with Crippen molar-refractivity contribution in [1.82, 2.24) is 10.2 Å². The molecule has 1 N–H and O–H groups in total. The molecule has 0 radical (unpaired) electrons. The minimum Gasteiger partial charge on any atom is -0.375 e. The van der Waals surface area contributed by atoms with Gasteiger partial charge in [0.15, 0.2) is 0 Å². The summed E-state index contributed by atoms with van der Waals surface area (Å²) in [6.45, 7) is 4.96. The molecule has 2 fully saturated rings. The summed E-state index contributed by atoms with van der Waals surface area (Å²) in [5.41, 5.74) is 3.73. The minimum atomic E-state index is 0.688. The van der Waals surface area contributed by atoms with E-state index < -0.39 is 0 Å². The first-order valence-corrected chi connectivity index (χ1v) is 10.2. The fourth-order valence-electron chi connectivity index (χ4n) is 4.76. The Kier molecular flexibility index (Phi) is 5.26. The van der Waals surface area contributed by atoms with Gasteiger partial charge in [0.05, 0.1) is 0 Å². The van der Waals surface area contributed by atoms with Crippen molar-refractivity contribution in [2.24, 2.45) is 11.3 Å². The van der Waals surface area contributed by atoms with E-state index in [1.807, 2.05) is 0 Å². The van der Waals surface area contributed by atoms with Crippen LogP contribution >= 0.6 is 0 Å². The Morgan fingerprint density at radius 2 is 1.96 bits per heavy atom. The van der Waals surface area contributed by atoms with Crippen LogP contribution in [-0.4, -0.2) is 31.1 Å². The van der Waals surface area contributed by atoms with Crippen LogP contribution in [-0.2, 0) is 6.42 Å². The lowest BCUT2D eigenvalue weighted by molar-refractivity contribution is 0.193. The van der Waals surface area contributed by atoms with Crippen LogP contribution in [0.3, 0.4) is 0 Å². The first kappa shape index (κ1) is 16.9. The number of aryl methyl sites for hydroxylation is 1. The SMILES string of the molecule is C1=CCCC(N2CCC3(CC2)CC3CNCCCc2ccccc2)=C1. The molecule has 0 amide bonds. The summed E-state index contributed by atoms with van der Waals surface area (Å²) in [6, 6.07) is 10.9. The quantitative estimate of drug-likeness (QED) is 0.735. The molecule has 1 saturated heterocycles. The lowest BCUT2D eigenvalue weighted by Gasteiger charge is -2.36. The van der Waals surface area contributed by atoms with Crippen LogP contribution in [0.25, 0.3) is 0 Å². The Morgan fingerprint density at radius 3 is 2.72 bits per heavy atom. The molecule has 2 nitrogen and oxygen atoms in total. The van der Waals surface area contributed by atoms with E-state index in [1.165, 1.54) is 70.1 Å². The number of hydrogen-bond acceptors (Lipinski definition) is 2. The molecule has 0 bridgehead atoms. The molecule has 1 heterocycles. The number of rotatable bonds is 7. The molecule has 1 saturated carbocycles. The Labute approximate surface area is 153 Å². The number of nitrogens with one attached hydrogen (secondary N) is 1. The van der Waals surface area contributed by atoms with Gasteiger partial charge in [0.1, 0.15) is 0 Å². The summed E-state index contributed by atoms with van der Waals surface area (Å²) in [7, 11) is 0. The van der Waals surface area contributed by atoms with E-state index in [-0.39, 0.29) is 0 Å². The molecule has 0 aromatic heterocycles. The third-order valence-corrected chi connectivity index (χ3v) is 6.57. The average molecular weight is 337 g/mol. The summed E-state index contributed by atoms with van der Waals surface area (Å²) in [5.74, 6) is 0.937. The predicted molar refractivity (Wildman–Crippen MR) is 105 cm³/mol. The summed E-state index contributed by atoms with van der Waals surface area (Å²) < 4.78 is 0. The van der Waals surface area contributed by atoms with Gasteiger partial charge in [-0.05, 0) is 81.0 Å². The molecule has 1 unspecified atom stereocenters. The van der Waals surface area contributed by atoms with E-state index in [9.17, 15) is 0 Å². The normalized spacial score (nSPS) is 24.4. The smallest absolute Gasteiger partial charge is 0.0180 e. The van der Waals surface area contributed by atoms with Crippen molar-refractivity contribution in [3.8, 4) is 0 Å². The average Bonchev–Trinajstić information content (AvgIpc) is 3.35. The van der Waals surface area contributed by atoms with Crippen LogP contribution in [0.4, 0.5) is 0 Å². The van der Waals surface area contributed by atoms with Crippen molar-refractivity contribution in [3.05, 3.63) is 59.8 Å². The van der Waals surface area contributed by atoms with Gasteiger partial charge in [-0.15, -0.1) is 0 Å². The van der Waals surface area contributed by atoms with E-state index >= 15 is 0 Å². The lowest BCUT2D eigenvalue weighted by atomic mass is 9.90. The Morgan fingerprint density at radius 1 is 1.12 bits per heavy atom. The second-order valence-electron chi connectivity index (χ2n) is 8.17. The third-order valence-electron chi connectivity index (χ3n) is 6.57. The molecule has 2 heteroatoms. The van der Waals surface area contributed by atoms with Gasteiger partial charge < -0.3 is 10.2 Å². The monoisotopic (exact) mass is 336 g/mol. The van der Waals surface area contributed by atoms with Gasteiger partial charge in [0.25, 0.3) is 0 Å². The molecular formula is C23H32N2. The fraction of sp³-hybridized carbons (Fsp3) is 0.565. The van der Waals surface area contributed by atoms with Crippen LogP contribution in [0.5, 0.6) is 0 Å². The Hall–Kier alpha value is -1.54. The van der Waals surface area contributed by atoms with Gasteiger partial charge in [-0.2, -0.15) is 0 Å². The Balaban J connectivity index is 1.13. The molecule has 25 heavy (non-hydrogen) atoms. The second-order valence-corrected chi connectivity index (χ2v) is 8.17. The zero-order valence-electron chi connectivity index (χ0n) is 15.4. The standard InChI is InChI=1S/C23H32N2/c1-3-8-20(9-4-1)10-7-15-24-19-21-18-23(21)13-16-25(17-14-23)22-11-5-2-6-12-22/h1-5,8-9,11,21,24H,6-7,10,12-19H2. The lowest BCUT2D eigenvalue weighted by Crippen LogP contribution is -2.35. The van der Waals surface area contributed by atoms with Gasteiger partial charge in [-0.25, -0.2) is 0 Å². The molecule has 1 spiro atoms. The first-order chi connectivity index (χ1) is 12.4. The number of piperidine rings is 1. The van der Waals surface area contributed by atoms with Gasteiger partial charge in [0, 0.05) is 18.8 Å². The highest BCUT2D eigenvalue weighted by Gasteiger charge is 2.54. The zero-order chi connectivity index (χ0) is 17.0. The van der Waals surface area contributed by atoms with Crippen LogP contribution in [0, 0.1) is 11.3 Å². The summed E-state index contributed by atoms with van der Waals surface area (Å²) in [6.07, 6.45) is 16.1. The number of hydrogen-bond donors (Lipinski definition) is 1. The molecule has 4 rings (SSSR count). The van der Waals surface area contributed by atoms with Gasteiger partial charge in [-0.1, -0.05) is 42.5 Å². The second kappa shape index (κ2) is 7.78. The maximum Gasteiger partial charge on any atom is 0.0180 e. The predicted octanol–water partition coefficient (Wildman–Crippen LogP) is 4.54. The number of nitrogens with zero attached hydrogens (tertiary/aromatic N) is 1. The van der Waals surface area contributed by atoms with Crippen molar-refractivity contribution in [2.75, 3.05) is 26.2 Å². The van der Waals surface area contributed by atoms with Crippen LogP contribution in [0.15, 0.2) is 54.3 Å². The molecule has 1 aromatic carbocycles. The van der Waals surface area contributed by atoms with Crippen molar-refractivity contribution in [3.63, 3.8) is 0 Å².